The van der Waals surface area contributed by atoms with Gasteiger partial charge in [0, 0.05) is 11.6 Å². The fourth-order valence-corrected chi connectivity index (χ4v) is 2.56. The molecule has 0 saturated heterocycles. The number of carbonyl (C=O) groups is 2. The third-order valence-corrected chi connectivity index (χ3v) is 4.04. The van der Waals surface area contributed by atoms with Gasteiger partial charge in [0.15, 0.2) is 12.4 Å². The first-order chi connectivity index (χ1) is 13.1. The van der Waals surface area contributed by atoms with Crippen LogP contribution in [0.4, 0.5) is 4.39 Å². The van der Waals surface area contributed by atoms with E-state index in [2.05, 4.69) is 0 Å². The van der Waals surface area contributed by atoms with Crippen LogP contribution in [0.3, 0.4) is 0 Å². The molecule has 3 rings (SSSR count). The molecule has 0 aromatic heterocycles. The molecular weight excluding hydrogens is 347 g/mol. The monoisotopic (exact) mass is 364 g/mol. The largest absolute Gasteiger partial charge is 0.497 e. The highest BCUT2D eigenvalue weighted by atomic mass is 19.1. The van der Waals surface area contributed by atoms with E-state index in [9.17, 15) is 14.0 Å². The maximum atomic E-state index is 13.9. The first-order valence-electron chi connectivity index (χ1n) is 8.28. The fourth-order valence-electron chi connectivity index (χ4n) is 2.56. The van der Waals surface area contributed by atoms with Gasteiger partial charge in [0.05, 0.1) is 12.7 Å². The summed E-state index contributed by atoms with van der Waals surface area (Å²) in [5.74, 6) is -1.74. The van der Waals surface area contributed by atoms with Gasteiger partial charge in [-0.15, -0.1) is 0 Å². The van der Waals surface area contributed by atoms with Gasteiger partial charge in [0.25, 0.3) is 0 Å². The zero-order valence-electron chi connectivity index (χ0n) is 14.6. The molecule has 0 spiro atoms. The van der Waals surface area contributed by atoms with Crippen molar-refractivity contribution in [3.8, 4) is 16.9 Å². The predicted molar refractivity (Wildman–Crippen MR) is 99.4 cm³/mol. The van der Waals surface area contributed by atoms with E-state index >= 15 is 0 Å². The van der Waals surface area contributed by atoms with Gasteiger partial charge in [-0.2, -0.15) is 0 Å². The smallest absolute Gasteiger partial charge is 0.341 e. The van der Waals surface area contributed by atoms with E-state index in [1.165, 1.54) is 19.2 Å². The van der Waals surface area contributed by atoms with Crippen LogP contribution in [-0.2, 0) is 4.74 Å². The summed E-state index contributed by atoms with van der Waals surface area (Å²) in [5, 5.41) is 0. The van der Waals surface area contributed by atoms with Crippen LogP contribution in [0.15, 0.2) is 72.8 Å². The van der Waals surface area contributed by atoms with E-state index in [4.69, 9.17) is 9.47 Å². The summed E-state index contributed by atoms with van der Waals surface area (Å²) in [5.41, 5.74) is 2.18. The van der Waals surface area contributed by atoms with Gasteiger partial charge in [0.1, 0.15) is 11.6 Å². The Morgan fingerprint density at radius 3 is 2.19 bits per heavy atom. The van der Waals surface area contributed by atoms with E-state index in [0.717, 1.165) is 17.2 Å². The van der Waals surface area contributed by atoms with Crippen molar-refractivity contribution in [3.05, 3.63) is 89.7 Å². The molecule has 0 saturated carbocycles. The van der Waals surface area contributed by atoms with Crippen molar-refractivity contribution in [2.45, 2.75) is 0 Å². The topological polar surface area (TPSA) is 52.6 Å². The second-order valence-electron chi connectivity index (χ2n) is 5.79. The summed E-state index contributed by atoms with van der Waals surface area (Å²) in [6.07, 6.45) is 0. The third kappa shape index (κ3) is 4.39. The zero-order chi connectivity index (χ0) is 19.2. The molecule has 5 heteroatoms. The molecule has 0 unspecified atom stereocenters. The highest BCUT2D eigenvalue weighted by Crippen LogP contribution is 2.20. The number of esters is 1. The first-order valence-corrected chi connectivity index (χ1v) is 8.28. The van der Waals surface area contributed by atoms with Gasteiger partial charge in [-0.05, 0) is 23.3 Å². The Labute approximate surface area is 156 Å². The van der Waals surface area contributed by atoms with Crippen LogP contribution < -0.4 is 4.74 Å². The molecule has 4 nitrogen and oxygen atoms in total. The fraction of sp³-hybridized carbons (Fsp3) is 0.0909. The lowest BCUT2D eigenvalue weighted by Crippen LogP contribution is -2.15. The Kier molecular flexibility index (Phi) is 5.61. The Hall–Kier alpha value is -3.47. The summed E-state index contributed by atoms with van der Waals surface area (Å²) in [7, 11) is 1.40. The van der Waals surface area contributed by atoms with Crippen LogP contribution >= 0.6 is 0 Å². The molecule has 0 atom stereocenters. The van der Waals surface area contributed by atoms with Gasteiger partial charge in [-0.25, -0.2) is 9.18 Å². The SMILES string of the molecule is COc1ccc(C(=O)OCC(=O)c2ccc(-c3ccccc3)cc2)c(F)c1. The van der Waals surface area contributed by atoms with Gasteiger partial charge in [0.2, 0.25) is 0 Å². The lowest BCUT2D eigenvalue weighted by atomic mass is 10.0. The van der Waals surface area contributed by atoms with Crippen molar-refractivity contribution in [1.82, 2.24) is 0 Å². The number of ketones is 1. The van der Waals surface area contributed by atoms with E-state index in [1.807, 2.05) is 42.5 Å². The van der Waals surface area contributed by atoms with Crippen LogP contribution in [0, 0.1) is 5.82 Å². The summed E-state index contributed by atoms with van der Waals surface area (Å²) in [6, 6.07) is 20.5. The molecule has 0 aliphatic rings. The molecular formula is C22H17FO4. The normalized spacial score (nSPS) is 10.3. The minimum atomic E-state index is -0.899. The second-order valence-corrected chi connectivity index (χ2v) is 5.79. The number of ether oxygens (including phenoxy) is 2. The first kappa shape index (κ1) is 18.3. The number of hydrogen-bond acceptors (Lipinski definition) is 4. The molecule has 0 heterocycles. The van der Waals surface area contributed by atoms with E-state index < -0.39 is 18.4 Å². The van der Waals surface area contributed by atoms with Crippen LogP contribution in [0.1, 0.15) is 20.7 Å². The van der Waals surface area contributed by atoms with Crippen LogP contribution in [0.25, 0.3) is 11.1 Å². The molecule has 0 bridgehead atoms. The lowest BCUT2D eigenvalue weighted by Gasteiger charge is -2.07. The number of carbonyl (C=O) groups excluding carboxylic acids is 2. The van der Waals surface area contributed by atoms with E-state index in [0.29, 0.717) is 11.3 Å². The molecule has 0 fully saturated rings. The Morgan fingerprint density at radius 2 is 1.56 bits per heavy atom. The molecule has 0 radical (unpaired) electrons. The predicted octanol–water partition coefficient (Wildman–Crippen LogP) is 4.54. The van der Waals surface area contributed by atoms with Gasteiger partial charge in [-0.1, -0.05) is 54.6 Å². The van der Waals surface area contributed by atoms with Crippen molar-refractivity contribution in [1.29, 1.82) is 0 Å². The minimum absolute atomic E-state index is 0.247. The van der Waals surface area contributed by atoms with E-state index in [1.54, 1.807) is 12.1 Å². The highest BCUT2D eigenvalue weighted by molar-refractivity contribution is 5.99. The molecule has 0 aliphatic heterocycles. The van der Waals surface area contributed by atoms with Crippen molar-refractivity contribution in [2.24, 2.45) is 0 Å². The number of benzene rings is 3. The summed E-state index contributed by atoms with van der Waals surface area (Å²) >= 11 is 0. The minimum Gasteiger partial charge on any atom is -0.497 e. The number of methoxy groups -OCH3 is 1. The Bertz CT molecular complexity index is 950. The number of rotatable bonds is 6. The molecule has 3 aromatic rings. The average molecular weight is 364 g/mol. The highest BCUT2D eigenvalue weighted by Gasteiger charge is 2.16. The van der Waals surface area contributed by atoms with Crippen LogP contribution in [0.2, 0.25) is 0 Å². The third-order valence-electron chi connectivity index (χ3n) is 4.04. The molecule has 27 heavy (non-hydrogen) atoms. The zero-order valence-corrected chi connectivity index (χ0v) is 14.6. The summed E-state index contributed by atoms with van der Waals surface area (Å²) in [6.45, 7) is -0.463. The van der Waals surface area contributed by atoms with Crippen LogP contribution in [0.5, 0.6) is 5.75 Å². The standard InChI is InChI=1S/C22H17FO4/c1-26-18-11-12-19(20(23)13-18)22(25)27-14-21(24)17-9-7-16(8-10-17)15-5-3-2-4-6-15/h2-13H,14H2,1H3. The van der Waals surface area contributed by atoms with Gasteiger partial charge in [-0.3, -0.25) is 4.79 Å². The maximum absolute atomic E-state index is 13.9. The molecule has 0 N–H and O–H groups in total. The average Bonchev–Trinajstić information content (AvgIpc) is 2.72. The molecule has 3 aromatic carbocycles. The molecule has 0 amide bonds. The van der Waals surface area contributed by atoms with Crippen molar-refractivity contribution in [2.75, 3.05) is 13.7 Å². The van der Waals surface area contributed by atoms with Crippen molar-refractivity contribution >= 4 is 11.8 Å². The molecule has 136 valence electrons. The van der Waals surface area contributed by atoms with E-state index in [-0.39, 0.29) is 11.3 Å². The molecule has 0 aliphatic carbocycles. The van der Waals surface area contributed by atoms with Gasteiger partial charge < -0.3 is 9.47 Å². The van der Waals surface area contributed by atoms with Crippen molar-refractivity contribution < 1.29 is 23.5 Å². The number of Topliss-reactive ketones (excluding diaryl/α,β-unsaturated/α-hetero) is 1. The second kappa shape index (κ2) is 8.27. The number of halogens is 1. The van der Waals surface area contributed by atoms with Gasteiger partial charge >= 0.3 is 5.97 Å². The maximum Gasteiger partial charge on any atom is 0.341 e. The summed E-state index contributed by atoms with van der Waals surface area (Å²) in [4.78, 5) is 24.2. The van der Waals surface area contributed by atoms with Crippen LogP contribution in [-0.4, -0.2) is 25.5 Å². The Balaban J connectivity index is 1.63. The Morgan fingerprint density at radius 1 is 0.889 bits per heavy atom. The van der Waals surface area contributed by atoms with Crippen molar-refractivity contribution in [3.63, 3.8) is 0 Å². The quantitative estimate of drug-likeness (QED) is 0.476. The lowest BCUT2D eigenvalue weighted by molar-refractivity contribution is 0.0470. The summed E-state index contributed by atoms with van der Waals surface area (Å²) < 4.78 is 23.7. The number of hydrogen-bond donors (Lipinski definition) is 0.